The van der Waals surface area contributed by atoms with E-state index in [0.717, 1.165) is 11.1 Å². The van der Waals surface area contributed by atoms with Gasteiger partial charge in [-0.25, -0.2) is 9.37 Å². The quantitative estimate of drug-likeness (QED) is 0.290. The molecule has 43 heavy (non-hydrogen) atoms. The lowest BCUT2D eigenvalue weighted by molar-refractivity contribution is -0.144. The third-order valence-electron chi connectivity index (χ3n) is 6.14. The second kappa shape index (κ2) is 19.3. The van der Waals surface area contributed by atoms with Gasteiger partial charge >= 0.3 is 0 Å². The fourth-order valence-electron chi connectivity index (χ4n) is 4.23. The summed E-state index contributed by atoms with van der Waals surface area (Å²) in [5, 5.41) is 9.40. The van der Waals surface area contributed by atoms with E-state index in [4.69, 9.17) is 0 Å². The number of carbonyl (C=O) groups is 2. The van der Waals surface area contributed by atoms with Crippen LogP contribution in [0.3, 0.4) is 0 Å². The minimum Gasteiger partial charge on any atom is -0.386 e. The molecule has 0 atom stereocenters. The molecule has 3 heterocycles. The number of carbonyl (C=O) groups excluding carboxylic acids is 2. The van der Waals surface area contributed by atoms with Crippen LogP contribution in [0.5, 0.6) is 0 Å². The van der Waals surface area contributed by atoms with Crippen LogP contribution in [0.4, 0.5) is 15.8 Å². The summed E-state index contributed by atoms with van der Waals surface area (Å²) in [5.74, 6) is -0.970. The number of halogens is 1. The van der Waals surface area contributed by atoms with Gasteiger partial charge in [0.25, 0.3) is 11.5 Å². The summed E-state index contributed by atoms with van der Waals surface area (Å²) >= 11 is 0. The highest BCUT2D eigenvalue weighted by atomic mass is 19.1. The van der Waals surface area contributed by atoms with Gasteiger partial charge in [-0.05, 0) is 25.5 Å². The summed E-state index contributed by atoms with van der Waals surface area (Å²) in [5.41, 5.74) is 1.37. The van der Waals surface area contributed by atoms with Crippen molar-refractivity contribution in [3.05, 3.63) is 63.6 Å². The summed E-state index contributed by atoms with van der Waals surface area (Å²) in [4.78, 5) is 45.1. The number of benzene rings is 1. The first-order chi connectivity index (χ1) is 20.6. The van der Waals surface area contributed by atoms with Crippen molar-refractivity contribution in [2.24, 2.45) is 0 Å². The minimum atomic E-state index is -1.43. The van der Waals surface area contributed by atoms with Crippen LogP contribution in [0.25, 0.3) is 11.0 Å². The van der Waals surface area contributed by atoms with Crippen molar-refractivity contribution < 1.29 is 14.0 Å². The minimum absolute atomic E-state index is 0.0334. The van der Waals surface area contributed by atoms with E-state index in [0.29, 0.717) is 16.8 Å². The number of alkyl halides is 1. The first-order valence-electron chi connectivity index (χ1n) is 15.4. The van der Waals surface area contributed by atoms with Crippen molar-refractivity contribution in [3.63, 3.8) is 0 Å². The number of rotatable bonds is 7. The van der Waals surface area contributed by atoms with Gasteiger partial charge in [-0.2, -0.15) is 0 Å². The van der Waals surface area contributed by atoms with Crippen LogP contribution < -0.4 is 21.5 Å². The Balaban J connectivity index is 0.00000204. The highest BCUT2D eigenvalue weighted by molar-refractivity contribution is 6.02. The third kappa shape index (κ3) is 10.1. The van der Waals surface area contributed by atoms with Crippen LogP contribution in [-0.2, 0) is 17.9 Å². The van der Waals surface area contributed by atoms with Gasteiger partial charge in [0.2, 0.25) is 5.91 Å². The number of anilines is 2. The van der Waals surface area contributed by atoms with Gasteiger partial charge in [-0.3, -0.25) is 19.0 Å². The van der Waals surface area contributed by atoms with E-state index < -0.39 is 23.0 Å². The van der Waals surface area contributed by atoms with Crippen molar-refractivity contribution in [2.45, 2.75) is 88.0 Å². The largest absolute Gasteiger partial charge is 0.386 e. The number of nitrogens with one attached hydrogen (secondary N) is 3. The number of pyridine rings is 2. The number of aromatic nitrogens is 2. The number of amides is 2. The zero-order chi connectivity index (χ0) is 33.3. The maximum atomic E-state index is 13.9. The Morgan fingerprint density at radius 3 is 2.00 bits per heavy atom. The van der Waals surface area contributed by atoms with Crippen molar-refractivity contribution in [1.29, 1.82) is 0 Å². The number of hydrogen-bond donors (Lipinski definition) is 3. The van der Waals surface area contributed by atoms with Gasteiger partial charge in [0.05, 0.1) is 30.7 Å². The second-order valence-electron chi connectivity index (χ2n) is 9.06. The van der Waals surface area contributed by atoms with E-state index in [2.05, 4.69) is 20.9 Å². The van der Waals surface area contributed by atoms with Gasteiger partial charge in [0, 0.05) is 26.0 Å². The molecule has 1 aliphatic rings. The Hall–Kier alpha value is -3.95. The van der Waals surface area contributed by atoms with Crippen LogP contribution in [0, 0.1) is 6.92 Å². The fraction of sp³-hybridized carbons (Fsp3) is 0.515. The molecule has 1 saturated heterocycles. The molecule has 240 valence electrons. The Morgan fingerprint density at radius 1 is 0.953 bits per heavy atom. The highest BCUT2D eigenvalue weighted by Gasteiger charge is 2.41. The molecule has 2 aromatic heterocycles. The molecule has 1 fully saturated rings. The summed E-state index contributed by atoms with van der Waals surface area (Å²) in [6, 6.07) is 9.18. The molecule has 2 amide bonds. The normalized spacial score (nSPS) is 12.3. The maximum absolute atomic E-state index is 13.9. The topological polar surface area (TPSA) is 108 Å². The van der Waals surface area contributed by atoms with E-state index in [9.17, 15) is 18.8 Å². The molecule has 3 N–H and O–H groups in total. The van der Waals surface area contributed by atoms with E-state index in [1.54, 1.807) is 20.3 Å². The Kier molecular flexibility index (Phi) is 17.5. The lowest BCUT2D eigenvalue weighted by Crippen LogP contribution is -2.60. The smallest absolute Gasteiger partial charge is 0.265 e. The third-order valence-corrected chi connectivity index (χ3v) is 6.14. The molecule has 0 aliphatic carbocycles. The van der Waals surface area contributed by atoms with E-state index in [1.165, 1.54) is 22.5 Å². The molecule has 1 aliphatic heterocycles. The molecular formula is C33H53FN6O3. The summed E-state index contributed by atoms with van der Waals surface area (Å²) in [6.45, 7) is 19.2. The number of hydrogen-bond acceptors (Lipinski definition) is 6. The van der Waals surface area contributed by atoms with E-state index in [1.807, 2.05) is 86.6 Å². The molecule has 10 heteroatoms. The SMILES string of the molecule is CC.CC.CC.CC.CNc1cnc2c(cc(C(=O)NCc3ccc(C)cc3)c(=O)n2CC(=O)N2CC(C)(F)C2)c1NC. The second-order valence-corrected chi connectivity index (χ2v) is 9.06. The summed E-state index contributed by atoms with van der Waals surface area (Å²) < 4.78 is 15.1. The van der Waals surface area contributed by atoms with Crippen molar-refractivity contribution in [3.8, 4) is 0 Å². The van der Waals surface area contributed by atoms with Gasteiger partial charge in [0.1, 0.15) is 23.4 Å². The van der Waals surface area contributed by atoms with Crippen molar-refractivity contribution in [1.82, 2.24) is 19.8 Å². The van der Waals surface area contributed by atoms with Crippen LogP contribution in [0.15, 0.2) is 41.3 Å². The number of fused-ring (bicyclic) bond motifs is 1. The molecule has 3 aromatic rings. The van der Waals surface area contributed by atoms with Crippen LogP contribution in [0.1, 0.15) is 83.8 Å². The molecule has 0 radical (unpaired) electrons. The Morgan fingerprint density at radius 2 is 1.51 bits per heavy atom. The average Bonchev–Trinajstić information content (AvgIpc) is 3.03. The van der Waals surface area contributed by atoms with Crippen LogP contribution in [-0.4, -0.2) is 59.1 Å². The molecule has 1 aromatic carbocycles. The van der Waals surface area contributed by atoms with Crippen molar-refractivity contribution >= 4 is 34.2 Å². The van der Waals surface area contributed by atoms with Crippen LogP contribution in [0.2, 0.25) is 0 Å². The first kappa shape index (κ1) is 39.0. The lowest BCUT2D eigenvalue weighted by Gasteiger charge is -2.42. The predicted molar refractivity (Wildman–Crippen MR) is 179 cm³/mol. The fourth-order valence-corrected chi connectivity index (χ4v) is 4.23. The predicted octanol–water partition coefficient (Wildman–Crippen LogP) is 6.39. The van der Waals surface area contributed by atoms with E-state index >= 15 is 0 Å². The highest BCUT2D eigenvalue weighted by Crippen LogP contribution is 2.30. The molecule has 0 bridgehead atoms. The first-order valence-corrected chi connectivity index (χ1v) is 15.4. The van der Waals surface area contributed by atoms with Crippen molar-refractivity contribution in [2.75, 3.05) is 37.8 Å². The summed E-state index contributed by atoms with van der Waals surface area (Å²) in [6.07, 6.45) is 1.55. The molecule has 4 rings (SSSR count). The van der Waals surface area contributed by atoms with Gasteiger partial charge in [0.15, 0.2) is 0 Å². The molecule has 9 nitrogen and oxygen atoms in total. The number of likely N-dealkylation sites (tertiary alicyclic amines) is 1. The molecule has 0 unspecified atom stereocenters. The number of nitrogens with zero attached hydrogens (tertiary/aromatic N) is 3. The Bertz CT molecular complexity index is 1350. The maximum Gasteiger partial charge on any atom is 0.265 e. The van der Waals surface area contributed by atoms with Crippen LogP contribution >= 0.6 is 0 Å². The lowest BCUT2D eigenvalue weighted by atomic mass is 9.99. The monoisotopic (exact) mass is 600 g/mol. The zero-order valence-electron chi connectivity index (χ0n) is 28.2. The Labute approximate surface area is 257 Å². The molecule has 0 spiro atoms. The van der Waals surface area contributed by atoms with Gasteiger partial charge in [-0.1, -0.05) is 85.2 Å². The zero-order valence-corrected chi connectivity index (χ0v) is 28.2. The summed E-state index contributed by atoms with van der Waals surface area (Å²) in [7, 11) is 3.45. The average molecular weight is 601 g/mol. The van der Waals surface area contributed by atoms with E-state index in [-0.39, 0.29) is 37.4 Å². The molecular weight excluding hydrogens is 547 g/mol. The number of aryl methyl sites for hydroxylation is 1. The molecule has 0 saturated carbocycles. The van der Waals surface area contributed by atoms with Gasteiger partial charge < -0.3 is 20.9 Å². The standard InChI is InChI=1S/C25H29FN6O3.4C2H6/c1-15-5-7-16(8-6-15)10-30-23(34)18-9-17-21(28-4)19(27-3)11-29-22(17)32(24(18)35)12-20(33)31-13-25(2,26)14-31;4*1-2/h5-9,11,27H,10,12-14H2,1-4H3,(H,28,29)(H,30,34);4*1-2H3. The van der Waals surface area contributed by atoms with Gasteiger partial charge in [-0.15, -0.1) is 0 Å².